The minimum atomic E-state index is -0.520. The molecule has 7 heteroatoms. The highest BCUT2D eigenvalue weighted by Gasteiger charge is 2.12. The van der Waals surface area contributed by atoms with Crippen molar-refractivity contribution in [1.29, 1.82) is 0 Å². The minimum Gasteiger partial charge on any atom is -0.381 e. The highest BCUT2D eigenvalue weighted by molar-refractivity contribution is 6.39. The maximum Gasteiger partial charge on any atom is 0.174 e. The van der Waals surface area contributed by atoms with Gasteiger partial charge in [0.25, 0.3) is 0 Å². The summed E-state index contributed by atoms with van der Waals surface area (Å²) < 4.78 is 13.2. The number of rotatable bonds is 2. The number of nitrogen functional groups attached to an aromatic ring is 1. The summed E-state index contributed by atoms with van der Waals surface area (Å²) in [5, 5.41) is 3.17. The number of hydrogen-bond donors (Lipinski definition) is 2. The van der Waals surface area contributed by atoms with Crippen molar-refractivity contribution in [1.82, 2.24) is 9.97 Å². The summed E-state index contributed by atoms with van der Waals surface area (Å²) in [6, 6.07) is 9.61. The van der Waals surface area contributed by atoms with Gasteiger partial charge in [-0.25, -0.2) is 14.4 Å². The van der Waals surface area contributed by atoms with Crippen LogP contribution in [0, 0.1) is 5.82 Å². The molecule has 3 aromatic rings. The van der Waals surface area contributed by atoms with Crippen LogP contribution in [-0.2, 0) is 0 Å². The Morgan fingerprint density at radius 1 is 1.00 bits per heavy atom. The first-order chi connectivity index (χ1) is 10.0. The van der Waals surface area contributed by atoms with E-state index in [-0.39, 0.29) is 15.9 Å². The zero-order valence-electron chi connectivity index (χ0n) is 10.6. The number of nitrogens with two attached hydrogens (primary N) is 1. The second-order valence-electron chi connectivity index (χ2n) is 4.32. The standard InChI is InChI=1S/C14H9Cl2FN4/c15-8-5-7(17)6-9(16)12(8)21-14-13(18)19-10-3-1-2-4-11(10)20-14/h1-6H,(H2,18,19)(H,20,21). The van der Waals surface area contributed by atoms with Crippen molar-refractivity contribution >= 4 is 51.6 Å². The van der Waals surface area contributed by atoms with Crippen LogP contribution in [0.3, 0.4) is 0 Å². The Balaban J connectivity index is 2.08. The van der Waals surface area contributed by atoms with E-state index in [9.17, 15) is 4.39 Å². The van der Waals surface area contributed by atoms with Crippen LogP contribution in [0.25, 0.3) is 11.0 Å². The Morgan fingerprint density at radius 2 is 1.57 bits per heavy atom. The molecule has 0 bridgehead atoms. The van der Waals surface area contributed by atoms with Crippen LogP contribution < -0.4 is 11.1 Å². The lowest BCUT2D eigenvalue weighted by Gasteiger charge is -2.12. The van der Waals surface area contributed by atoms with Crippen molar-refractivity contribution < 1.29 is 4.39 Å². The van der Waals surface area contributed by atoms with Crippen molar-refractivity contribution in [3.8, 4) is 0 Å². The Morgan fingerprint density at radius 3 is 2.19 bits per heavy atom. The number of benzene rings is 2. The lowest BCUT2D eigenvalue weighted by atomic mass is 10.3. The first-order valence-corrected chi connectivity index (χ1v) is 6.74. The molecule has 106 valence electrons. The zero-order chi connectivity index (χ0) is 15.0. The van der Waals surface area contributed by atoms with Crippen LogP contribution in [-0.4, -0.2) is 9.97 Å². The van der Waals surface area contributed by atoms with Gasteiger partial charge in [-0.1, -0.05) is 35.3 Å². The second-order valence-corrected chi connectivity index (χ2v) is 5.13. The van der Waals surface area contributed by atoms with Gasteiger partial charge in [0, 0.05) is 0 Å². The highest BCUT2D eigenvalue weighted by atomic mass is 35.5. The number of hydrogen-bond acceptors (Lipinski definition) is 4. The van der Waals surface area contributed by atoms with Crippen molar-refractivity contribution in [2.45, 2.75) is 0 Å². The first kappa shape index (κ1) is 13.9. The number of halogens is 3. The number of anilines is 3. The molecule has 0 saturated carbocycles. The summed E-state index contributed by atoms with van der Waals surface area (Å²) in [4.78, 5) is 8.61. The average Bonchev–Trinajstić information content (AvgIpc) is 2.43. The predicted molar refractivity (Wildman–Crippen MR) is 83.7 cm³/mol. The zero-order valence-corrected chi connectivity index (χ0v) is 12.1. The molecule has 0 unspecified atom stereocenters. The molecule has 0 fully saturated rings. The molecule has 0 saturated heterocycles. The molecule has 2 aromatic carbocycles. The molecule has 0 amide bonds. The van der Waals surface area contributed by atoms with Crippen LogP contribution in [0.5, 0.6) is 0 Å². The molecule has 1 aromatic heterocycles. The number of nitrogens with one attached hydrogen (secondary N) is 1. The van der Waals surface area contributed by atoms with Crippen LogP contribution in [0.2, 0.25) is 10.0 Å². The maximum absolute atomic E-state index is 13.2. The Bertz CT molecular complexity index is 815. The summed E-state index contributed by atoms with van der Waals surface area (Å²) in [6.07, 6.45) is 0. The molecule has 4 nitrogen and oxygen atoms in total. The Labute approximate surface area is 129 Å². The monoisotopic (exact) mass is 322 g/mol. The molecule has 0 spiro atoms. The van der Waals surface area contributed by atoms with Gasteiger partial charge < -0.3 is 11.1 Å². The summed E-state index contributed by atoms with van der Waals surface area (Å²) in [7, 11) is 0. The first-order valence-electron chi connectivity index (χ1n) is 5.98. The van der Waals surface area contributed by atoms with Crippen LogP contribution in [0.1, 0.15) is 0 Å². The van der Waals surface area contributed by atoms with E-state index in [1.165, 1.54) is 0 Å². The van der Waals surface area contributed by atoms with Gasteiger partial charge in [-0.3, -0.25) is 0 Å². The van der Waals surface area contributed by atoms with E-state index in [1.807, 2.05) is 12.1 Å². The van der Waals surface area contributed by atoms with E-state index in [4.69, 9.17) is 28.9 Å². The summed E-state index contributed by atoms with van der Waals surface area (Å²) >= 11 is 12.0. The third kappa shape index (κ3) is 2.70. The lowest BCUT2D eigenvalue weighted by Crippen LogP contribution is -2.03. The number of nitrogens with zero attached hydrogens (tertiary/aromatic N) is 2. The van der Waals surface area contributed by atoms with Crippen LogP contribution in [0.15, 0.2) is 36.4 Å². The quantitative estimate of drug-likeness (QED) is 0.733. The van der Waals surface area contributed by atoms with Gasteiger partial charge in [0.15, 0.2) is 11.6 Å². The Hall–Kier alpha value is -2.11. The van der Waals surface area contributed by atoms with Gasteiger partial charge in [0.05, 0.1) is 26.8 Å². The number of fused-ring (bicyclic) bond motifs is 1. The van der Waals surface area contributed by atoms with Crippen molar-refractivity contribution in [3.63, 3.8) is 0 Å². The fourth-order valence-corrected chi connectivity index (χ4v) is 2.44. The molecule has 21 heavy (non-hydrogen) atoms. The molecule has 1 heterocycles. The van der Waals surface area contributed by atoms with E-state index < -0.39 is 5.82 Å². The van der Waals surface area contributed by atoms with Gasteiger partial charge >= 0.3 is 0 Å². The van der Waals surface area contributed by atoms with Crippen LogP contribution in [0.4, 0.5) is 21.7 Å². The van der Waals surface area contributed by atoms with Gasteiger partial charge in [-0.15, -0.1) is 0 Å². The molecule has 0 aliphatic carbocycles. The average molecular weight is 323 g/mol. The summed E-state index contributed by atoms with van der Waals surface area (Å²) in [6.45, 7) is 0. The third-order valence-electron chi connectivity index (χ3n) is 2.85. The third-order valence-corrected chi connectivity index (χ3v) is 3.44. The fourth-order valence-electron chi connectivity index (χ4n) is 1.89. The summed E-state index contributed by atoms with van der Waals surface area (Å²) in [5.74, 6) is -0.0117. The highest BCUT2D eigenvalue weighted by Crippen LogP contribution is 2.34. The number of para-hydroxylation sites is 2. The summed E-state index contributed by atoms with van der Waals surface area (Å²) in [5.41, 5.74) is 7.55. The van der Waals surface area contributed by atoms with Crippen molar-refractivity contribution in [3.05, 3.63) is 52.3 Å². The van der Waals surface area contributed by atoms with Crippen molar-refractivity contribution in [2.75, 3.05) is 11.1 Å². The van der Waals surface area contributed by atoms with Gasteiger partial charge in [0.1, 0.15) is 5.82 Å². The Kier molecular flexibility index (Phi) is 3.53. The van der Waals surface area contributed by atoms with E-state index in [0.29, 0.717) is 22.5 Å². The number of aromatic nitrogens is 2. The SMILES string of the molecule is Nc1nc2ccccc2nc1Nc1c(Cl)cc(F)cc1Cl. The van der Waals surface area contributed by atoms with Crippen LogP contribution >= 0.6 is 23.2 Å². The van der Waals surface area contributed by atoms with Gasteiger partial charge in [-0.05, 0) is 24.3 Å². The molecule has 0 radical (unpaired) electrons. The molecule has 0 atom stereocenters. The van der Waals surface area contributed by atoms with E-state index >= 15 is 0 Å². The van der Waals surface area contributed by atoms with Gasteiger partial charge in [-0.2, -0.15) is 0 Å². The smallest absolute Gasteiger partial charge is 0.174 e. The molecular formula is C14H9Cl2FN4. The van der Waals surface area contributed by atoms with Crippen molar-refractivity contribution in [2.24, 2.45) is 0 Å². The topological polar surface area (TPSA) is 63.8 Å². The largest absolute Gasteiger partial charge is 0.381 e. The van der Waals surface area contributed by atoms with E-state index in [1.54, 1.807) is 12.1 Å². The molecule has 3 N–H and O–H groups in total. The predicted octanol–water partition coefficient (Wildman–Crippen LogP) is 4.40. The minimum absolute atomic E-state index is 0.134. The van der Waals surface area contributed by atoms with E-state index in [2.05, 4.69) is 15.3 Å². The lowest BCUT2D eigenvalue weighted by molar-refractivity contribution is 0.628. The molecular weight excluding hydrogens is 314 g/mol. The fraction of sp³-hybridized carbons (Fsp3) is 0. The second kappa shape index (κ2) is 5.35. The molecule has 0 aliphatic heterocycles. The van der Waals surface area contributed by atoms with Gasteiger partial charge in [0.2, 0.25) is 0 Å². The van der Waals surface area contributed by atoms with E-state index in [0.717, 1.165) is 12.1 Å². The molecule has 0 aliphatic rings. The maximum atomic E-state index is 13.2. The molecule has 3 rings (SSSR count). The normalized spacial score (nSPS) is 10.8.